The van der Waals surface area contributed by atoms with E-state index in [2.05, 4.69) is 47.9 Å². The van der Waals surface area contributed by atoms with Crippen molar-refractivity contribution in [3.8, 4) is 0 Å². The van der Waals surface area contributed by atoms with Crippen molar-refractivity contribution in [2.75, 3.05) is 23.7 Å². The average Bonchev–Trinajstić information content (AvgIpc) is 3.15. The molecule has 0 radical (unpaired) electrons. The van der Waals surface area contributed by atoms with Crippen LogP contribution >= 0.6 is 0 Å². The smallest absolute Gasteiger partial charge is 0.228 e. The molecule has 3 N–H and O–H groups in total. The Hall–Kier alpha value is -2.71. The van der Waals surface area contributed by atoms with Crippen LogP contribution in [0.15, 0.2) is 17.0 Å². The van der Waals surface area contributed by atoms with E-state index in [0.717, 1.165) is 24.2 Å². The molecule has 0 aromatic carbocycles. The molecule has 3 rings (SSSR count). The van der Waals surface area contributed by atoms with E-state index in [4.69, 9.17) is 4.52 Å². The van der Waals surface area contributed by atoms with Gasteiger partial charge < -0.3 is 15.2 Å². The predicted octanol–water partition coefficient (Wildman–Crippen LogP) is 1.21. The van der Waals surface area contributed by atoms with Crippen LogP contribution in [0.4, 0.5) is 11.8 Å². The number of aromatic amines is 1. The van der Waals surface area contributed by atoms with Gasteiger partial charge in [-0.15, -0.1) is 0 Å². The van der Waals surface area contributed by atoms with Gasteiger partial charge in [0.15, 0.2) is 12.0 Å². The van der Waals surface area contributed by atoms with Gasteiger partial charge >= 0.3 is 0 Å². The summed E-state index contributed by atoms with van der Waals surface area (Å²) in [6.07, 6.45) is 4.72. The minimum absolute atomic E-state index is 0.578. The van der Waals surface area contributed by atoms with Crippen LogP contribution in [0.3, 0.4) is 0 Å². The molecule has 0 bridgehead atoms. The Balaban J connectivity index is 1.74. The van der Waals surface area contributed by atoms with Crippen molar-refractivity contribution >= 4 is 22.8 Å². The molecule has 0 atom stereocenters. The minimum Gasteiger partial charge on any atom is -0.369 e. The normalized spacial score (nSPS) is 10.9. The molecule has 0 aliphatic carbocycles. The van der Waals surface area contributed by atoms with Gasteiger partial charge in [0.1, 0.15) is 5.82 Å². The molecule has 0 amide bonds. The lowest BCUT2D eigenvalue weighted by Gasteiger charge is -2.08. The lowest BCUT2D eigenvalue weighted by atomic mass is 10.3. The molecule has 0 saturated heterocycles. The van der Waals surface area contributed by atoms with E-state index >= 15 is 0 Å². The summed E-state index contributed by atoms with van der Waals surface area (Å²) in [4.78, 5) is 12.8. The third-order valence-electron chi connectivity index (χ3n) is 2.88. The summed E-state index contributed by atoms with van der Waals surface area (Å²) >= 11 is 0. The van der Waals surface area contributed by atoms with Crippen molar-refractivity contribution in [2.24, 2.45) is 0 Å². The summed E-state index contributed by atoms with van der Waals surface area (Å²) in [5.41, 5.74) is 0.698. The Morgan fingerprint density at radius 2 is 2.19 bits per heavy atom. The van der Waals surface area contributed by atoms with Crippen LogP contribution in [0.5, 0.6) is 0 Å². The molecule has 0 spiro atoms. The van der Waals surface area contributed by atoms with Gasteiger partial charge in [-0.25, -0.2) is 0 Å². The third kappa shape index (κ3) is 3.07. The maximum atomic E-state index is 4.96. The number of H-pyrrole nitrogens is 1. The summed E-state index contributed by atoms with van der Waals surface area (Å²) < 4.78 is 4.96. The van der Waals surface area contributed by atoms with Gasteiger partial charge in [-0.05, 0) is 6.42 Å². The second kappa shape index (κ2) is 6.16. The van der Waals surface area contributed by atoms with Crippen molar-refractivity contribution in [1.29, 1.82) is 0 Å². The number of anilines is 2. The highest BCUT2D eigenvalue weighted by molar-refractivity contribution is 5.86. The standard InChI is InChI=1S/C12H16N8O/c1-2-4-14-12-18-10(8-6-16-20-11(8)19-12)13-5-3-9-15-7-17-21-9/h6-7H,2-5H2,1H3,(H3,13,14,16,18,19,20). The quantitative estimate of drug-likeness (QED) is 0.594. The van der Waals surface area contributed by atoms with Gasteiger partial charge in [-0.2, -0.15) is 20.1 Å². The van der Waals surface area contributed by atoms with Crippen LogP contribution in [0.1, 0.15) is 19.2 Å². The maximum Gasteiger partial charge on any atom is 0.228 e. The van der Waals surface area contributed by atoms with E-state index in [-0.39, 0.29) is 0 Å². The monoisotopic (exact) mass is 288 g/mol. The highest BCUT2D eigenvalue weighted by atomic mass is 16.5. The fraction of sp³-hybridized carbons (Fsp3) is 0.417. The Labute approximate surface area is 120 Å². The van der Waals surface area contributed by atoms with E-state index in [0.29, 0.717) is 30.5 Å². The Morgan fingerprint density at radius 3 is 3.00 bits per heavy atom. The van der Waals surface area contributed by atoms with Gasteiger partial charge in [0, 0.05) is 19.5 Å². The summed E-state index contributed by atoms with van der Waals surface area (Å²) in [7, 11) is 0. The Kier molecular flexibility index (Phi) is 3.90. The lowest BCUT2D eigenvalue weighted by molar-refractivity contribution is 0.380. The number of hydrogen-bond donors (Lipinski definition) is 3. The number of hydrogen-bond acceptors (Lipinski definition) is 8. The second-order valence-electron chi connectivity index (χ2n) is 4.47. The van der Waals surface area contributed by atoms with Crippen LogP contribution in [-0.4, -0.2) is 43.4 Å². The van der Waals surface area contributed by atoms with Gasteiger partial charge in [0.05, 0.1) is 11.6 Å². The van der Waals surface area contributed by atoms with Crippen molar-refractivity contribution in [3.63, 3.8) is 0 Å². The van der Waals surface area contributed by atoms with Crippen molar-refractivity contribution < 1.29 is 4.52 Å². The number of rotatable bonds is 7. The molecule has 0 aliphatic heterocycles. The first-order chi connectivity index (χ1) is 10.4. The van der Waals surface area contributed by atoms with Gasteiger partial charge in [0.25, 0.3) is 0 Å². The fourth-order valence-corrected chi connectivity index (χ4v) is 1.88. The molecule has 0 aliphatic rings. The first-order valence-corrected chi connectivity index (χ1v) is 6.81. The fourth-order valence-electron chi connectivity index (χ4n) is 1.88. The Bertz CT molecular complexity index is 692. The molecule has 0 saturated carbocycles. The van der Waals surface area contributed by atoms with E-state index in [1.165, 1.54) is 6.33 Å². The largest absolute Gasteiger partial charge is 0.369 e. The molecule has 9 nitrogen and oxygen atoms in total. The molecule has 3 aromatic heterocycles. The molecule has 0 unspecified atom stereocenters. The lowest BCUT2D eigenvalue weighted by Crippen LogP contribution is -2.10. The number of fused-ring (bicyclic) bond motifs is 1. The van der Waals surface area contributed by atoms with Gasteiger partial charge in [0.2, 0.25) is 11.8 Å². The summed E-state index contributed by atoms with van der Waals surface area (Å²) in [6, 6.07) is 0. The van der Waals surface area contributed by atoms with Crippen LogP contribution < -0.4 is 10.6 Å². The summed E-state index contributed by atoms with van der Waals surface area (Å²) in [5.74, 6) is 1.89. The van der Waals surface area contributed by atoms with Crippen molar-refractivity contribution in [3.05, 3.63) is 18.4 Å². The van der Waals surface area contributed by atoms with Crippen molar-refractivity contribution in [2.45, 2.75) is 19.8 Å². The molecule has 3 heterocycles. The zero-order chi connectivity index (χ0) is 14.5. The van der Waals surface area contributed by atoms with Crippen LogP contribution in [0.2, 0.25) is 0 Å². The first-order valence-electron chi connectivity index (χ1n) is 6.81. The maximum absolute atomic E-state index is 4.96. The number of nitrogens with one attached hydrogen (secondary N) is 3. The zero-order valence-corrected chi connectivity index (χ0v) is 11.6. The van der Waals surface area contributed by atoms with E-state index in [1.807, 2.05) is 0 Å². The summed E-state index contributed by atoms with van der Waals surface area (Å²) in [5, 5.41) is 17.7. The van der Waals surface area contributed by atoms with E-state index in [9.17, 15) is 0 Å². The van der Waals surface area contributed by atoms with Crippen LogP contribution in [-0.2, 0) is 6.42 Å². The van der Waals surface area contributed by atoms with E-state index < -0.39 is 0 Å². The molecule has 9 heteroatoms. The van der Waals surface area contributed by atoms with E-state index in [1.54, 1.807) is 6.20 Å². The number of aromatic nitrogens is 6. The highest BCUT2D eigenvalue weighted by Gasteiger charge is 2.09. The molecular formula is C12H16N8O. The number of nitrogens with zero attached hydrogens (tertiary/aromatic N) is 5. The van der Waals surface area contributed by atoms with Crippen LogP contribution in [0.25, 0.3) is 11.0 Å². The molecular weight excluding hydrogens is 272 g/mol. The SMILES string of the molecule is CCCNc1nc(NCCc2ncno2)c2cn[nH]c2n1. The Morgan fingerprint density at radius 1 is 1.24 bits per heavy atom. The van der Waals surface area contributed by atoms with Crippen LogP contribution in [0, 0.1) is 0 Å². The predicted molar refractivity (Wildman–Crippen MR) is 77.0 cm³/mol. The molecule has 3 aromatic rings. The molecule has 110 valence electrons. The highest BCUT2D eigenvalue weighted by Crippen LogP contribution is 2.19. The summed E-state index contributed by atoms with van der Waals surface area (Å²) in [6.45, 7) is 3.54. The van der Waals surface area contributed by atoms with Crippen molar-refractivity contribution in [1.82, 2.24) is 30.3 Å². The third-order valence-corrected chi connectivity index (χ3v) is 2.88. The van der Waals surface area contributed by atoms with Gasteiger partial charge in [-0.3, -0.25) is 5.10 Å². The van der Waals surface area contributed by atoms with Gasteiger partial charge in [-0.1, -0.05) is 12.1 Å². The minimum atomic E-state index is 0.578. The molecule has 21 heavy (non-hydrogen) atoms. The molecule has 0 fully saturated rings. The second-order valence-corrected chi connectivity index (χ2v) is 4.47. The topological polar surface area (TPSA) is 117 Å². The zero-order valence-electron chi connectivity index (χ0n) is 11.6. The first kappa shape index (κ1) is 13.3. The average molecular weight is 288 g/mol.